The molecule has 0 aliphatic carbocycles. The number of benzene rings is 1. The number of esters is 1. The molecule has 130 valence electrons. The summed E-state index contributed by atoms with van der Waals surface area (Å²) in [6.45, 7) is 6.65. The van der Waals surface area contributed by atoms with E-state index < -0.39 is 12.1 Å². The second kappa shape index (κ2) is 9.08. The fourth-order valence-electron chi connectivity index (χ4n) is 2.25. The molecule has 2 rings (SSSR count). The molecule has 1 N–H and O–H groups in total. The molecule has 2 unspecified atom stereocenters. The molecule has 1 fully saturated rings. The Labute approximate surface area is 141 Å². The second-order valence-corrected chi connectivity index (χ2v) is 5.55. The molecule has 24 heavy (non-hydrogen) atoms. The van der Waals surface area contributed by atoms with E-state index in [4.69, 9.17) is 14.2 Å². The Morgan fingerprint density at radius 1 is 1.42 bits per heavy atom. The normalized spacial score (nSPS) is 17.8. The molecule has 1 amide bonds. The summed E-state index contributed by atoms with van der Waals surface area (Å²) in [7, 11) is 0. The van der Waals surface area contributed by atoms with Crippen LogP contribution in [0.4, 0.5) is 0 Å². The van der Waals surface area contributed by atoms with Gasteiger partial charge in [0, 0.05) is 13.2 Å². The maximum Gasteiger partial charge on any atom is 0.338 e. The van der Waals surface area contributed by atoms with E-state index in [1.54, 1.807) is 30.3 Å². The van der Waals surface area contributed by atoms with E-state index in [0.29, 0.717) is 24.5 Å². The molecule has 6 heteroatoms. The predicted octanol–water partition coefficient (Wildman–Crippen LogP) is 2.09. The lowest BCUT2D eigenvalue weighted by atomic mass is 10.2. The van der Waals surface area contributed by atoms with E-state index in [1.165, 1.54) is 6.92 Å². The predicted molar refractivity (Wildman–Crippen MR) is 89.0 cm³/mol. The first-order chi connectivity index (χ1) is 11.6. The van der Waals surface area contributed by atoms with Crippen molar-refractivity contribution in [3.05, 3.63) is 42.5 Å². The Hall–Kier alpha value is -2.34. The maximum atomic E-state index is 12.0. The van der Waals surface area contributed by atoms with Gasteiger partial charge in [-0.05, 0) is 44.0 Å². The molecule has 1 aromatic carbocycles. The first-order valence-electron chi connectivity index (χ1n) is 8.04. The van der Waals surface area contributed by atoms with Gasteiger partial charge in [0.15, 0.2) is 6.10 Å². The highest BCUT2D eigenvalue weighted by molar-refractivity contribution is 5.92. The number of amides is 1. The van der Waals surface area contributed by atoms with Crippen molar-refractivity contribution in [2.45, 2.75) is 32.0 Å². The monoisotopic (exact) mass is 333 g/mol. The van der Waals surface area contributed by atoms with Crippen LogP contribution >= 0.6 is 0 Å². The van der Waals surface area contributed by atoms with Gasteiger partial charge in [-0.3, -0.25) is 4.79 Å². The molecular formula is C18H23NO5. The molecule has 0 saturated carbocycles. The Morgan fingerprint density at radius 3 is 2.79 bits per heavy atom. The summed E-state index contributed by atoms with van der Waals surface area (Å²) in [5.41, 5.74) is 0.364. The van der Waals surface area contributed by atoms with Crippen LogP contribution in [-0.4, -0.2) is 43.8 Å². The Kier molecular flexibility index (Phi) is 6.81. The highest BCUT2D eigenvalue weighted by Gasteiger charge is 2.19. The quantitative estimate of drug-likeness (QED) is 0.582. The van der Waals surface area contributed by atoms with E-state index in [2.05, 4.69) is 11.9 Å². The standard InChI is InChI=1S/C18H23NO5/c1-3-10-19-17(20)13(2)24-18(21)14-6-8-15(9-7-14)23-12-16-5-4-11-22-16/h3,6-9,13,16H,1,4-5,10-12H2,2H3,(H,19,20). The molecule has 1 aromatic rings. The van der Waals surface area contributed by atoms with Crippen molar-refractivity contribution in [1.29, 1.82) is 0 Å². The largest absolute Gasteiger partial charge is 0.491 e. The van der Waals surface area contributed by atoms with Crippen molar-refractivity contribution < 1.29 is 23.8 Å². The molecule has 1 saturated heterocycles. The summed E-state index contributed by atoms with van der Waals surface area (Å²) in [5, 5.41) is 2.58. The van der Waals surface area contributed by atoms with Gasteiger partial charge in [-0.15, -0.1) is 6.58 Å². The smallest absolute Gasteiger partial charge is 0.338 e. The Morgan fingerprint density at radius 2 is 2.17 bits per heavy atom. The first-order valence-corrected chi connectivity index (χ1v) is 8.04. The van der Waals surface area contributed by atoms with Crippen molar-refractivity contribution in [3.8, 4) is 5.75 Å². The number of hydrogen-bond acceptors (Lipinski definition) is 5. The molecule has 2 atom stereocenters. The number of carbonyl (C=O) groups excluding carboxylic acids is 2. The Bertz CT molecular complexity index is 563. The van der Waals surface area contributed by atoms with Crippen molar-refractivity contribution in [2.24, 2.45) is 0 Å². The summed E-state index contributed by atoms with van der Waals surface area (Å²) >= 11 is 0. The summed E-state index contributed by atoms with van der Waals surface area (Å²) < 4.78 is 16.3. The van der Waals surface area contributed by atoms with E-state index in [-0.39, 0.29) is 12.0 Å². The van der Waals surface area contributed by atoms with E-state index in [0.717, 1.165) is 19.4 Å². The van der Waals surface area contributed by atoms with Gasteiger partial charge in [0.05, 0.1) is 11.7 Å². The number of rotatable bonds is 8. The molecular weight excluding hydrogens is 310 g/mol. The van der Waals surface area contributed by atoms with Crippen molar-refractivity contribution in [1.82, 2.24) is 5.32 Å². The number of carbonyl (C=O) groups is 2. The first kappa shape index (κ1) is 18.0. The molecule has 0 bridgehead atoms. The summed E-state index contributed by atoms with van der Waals surface area (Å²) in [4.78, 5) is 23.7. The van der Waals surface area contributed by atoms with Crippen molar-refractivity contribution in [3.63, 3.8) is 0 Å². The molecule has 1 aliphatic rings. The van der Waals surface area contributed by atoms with Crippen LogP contribution in [0, 0.1) is 0 Å². The van der Waals surface area contributed by atoms with E-state index in [1.807, 2.05) is 0 Å². The van der Waals surface area contributed by atoms with Crippen LogP contribution < -0.4 is 10.1 Å². The third-order valence-electron chi connectivity index (χ3n) is 3.62. The third kappa shape index (κ3) is 5.38. The Balaban J connectivity index is 1.81. The van der Waals surface area contributed by atoms with Crippen LogP contribution in [0.1, 0.15) is 30.1 Å². The average molecular weight is 333 g/mol. The van der Waals surface area contributed by atoms with Gasteiger partial charge in [0.1, 0.15) is 12.4 Å². The van der Waals surface area contributed by atoms with Crippen LogP contribution in [0.25, 0.3) is 0 Å². The fraction of sp³-hybridized carbons (Fsp3) is 0.444. The average Bonchev–Trinajstić information content (AvgIpc) is 3.11. The zero-order valence-corrected chi connectivity index (χ0v) is 13.8. The topological polar surface area (TPSA) is 73.9 Å². The van der Waals surface area contributed by atoms with Gasteiger partial charge < -0.3 is 19.5 Å². The lowest BCUT2D eigenvalue weighted by Gasteiger charge is -2.13. The van der Waals surface area contributed by atoms with Gasteiger partial charge in [-0.25, -0.2) is 4.79 Å². The molecule has 1 heterocycles. The van der Waals surface area contributed by atoms with E-state index in [9.17, 15) is 9.59 Å². The molecule has 0 radical (unpaired) electrons. The lowest BCUT2D eigenvalue weighted by molar-refractivity contribution is -0.128. The second-order valence-electron chi connectivity index (χ2n) is 5.55. The van der Waals surface area contributed by atoms with E-state index >= 15 is 0 Å². The minimum Gasteiger partial charge on any atom is -0.491 e. The molecule has 0 spiro atoms. The van der Waals surface area contributed by atoms with Gasteiger partial charge in [0.2, 0.25) is 0 Å². The number of hydrogen-bond donors (Lipinski definition) is 1. The van der Waals surface area contributed by atoms with Crippen molar-refractivity contribution in [2.75, 3.05) is 19.8 Å². The van der Waals surface area contributed by atoms with Gasteiger partial charge in [0.25, 0.3) is 5.91 Å². The molecule has 0 aromatic heterocycles. The van der Waals surface area contributed by atoms with Gasteiger partial charge >= 0.3 is 5.97 Å². The van der Waals surface area contributed by atoms with Crippen LogP contribution in [0.5, 0.6) is 5.75 Å². The third-order valence-corrected chi connectivity index (χ3v) is 3.62. The molecule has 6 nitrogen and oxygen atoms in total. The zero-order valence-electron chi connectivity index (χ0n) is 13.8. The van der Waals surface area contributed by atoms with Crippen LogP contribution in [0.15, 0.2) is 36.9 Å². The summed E-state index contributed by atoms with van der Waals surface area (Å²) in [5.74, 6) is -0.250. The number of ether oxygens (including phenoxy) is 3. The SMILES string of the molecule is C=CCNC(=O)C(C)OC(=O)c1ccc(OCC2CCCO2)cc1. The van der Waals surface area contributed by atoms with Crippen LogP contribution in [-0.2, 0) is 14.3 Å². The lowest BCUT2D eigenvalue weighted by Crippen LogP contribution is -2.35. The number of nitrogens with one attached hydrogen (secondary N) is 1. The minimum absolute atomic E-state index is 0.143. The molecule has 1 aliphatic heterocycles. The zero-order chi connectivity index (χ0) is 17.4. The van der Waals surface area contributed by atoms with Crippen LogP contribution in [0.2, 0.25) is 0 Å². The van der Waals surface area contributed by atoms with Gasteiger partial charge in [-0.2, -0.15) is 0 Å². The summed E-state index contributed by atoms with van der Waals surface area (Å²) in [6.07, 6.45) is 2.91. The van der Waals surface area contributed by atoms with Crippen LogP contribution in [0.3, 0.4) is 0 Å². The minimum atomic E-state index is -0.868. The van der Waals surface area contributed by atoms with Crippen molar-refractivity contribution >= 4 is 11.9 Å². The fourth-order valence-corrected chi connectivity index (χ4v) is 2.25. The highest BCUT2D eigenvalue weighted by atomic mass is 16.5. The van der Waals surface area contributed by atoms with Gasteiger partial charge in [-0.1, -0.05) is 6.08 Å². The summed E-state index contributed by atoms with van der Waals surface area (Å²) in [6, 6.07) is 6.63. The highest BCUT2D eigenvalue weighted by Crippen LogP contribution is 2.17. The maximum absolute atomic E-state index is 12.0.